The van der Waals surface area contributed by atoms with Crippen LogP contribution in [0.2, 0.25) is 0 Å². The van der Waals surface area contributed by atoms with Crippen LogP contribution in [0.15, 0.2) is 97.6 Å². The van der Waals surface area contributed by atoms with Gasteiger partial charge >= 0.3 is 0 Å². The van der Waals surface area contributed by atoms with Crippen LogP contribution >= 0.6 is 0 Å². The number of carbonyl (C=O) groups is 2. The first-order valence-electron chi connectivity index (χ1n) is 14.2. The maximum atomic E-state index is 14.8. The Balaban J connectivity index is 1.29. The predicted octanol–water partition coefficient (Wildman–Crippen LogP) is 7.09. The van der Waals surface area contributed by atoms with Crippen LogP contribution in [0.1, 0.15) is 50.8 Å². The number of benzene rings is 4. The van der Waals surface area contributed by atoms with Gasteiger partial charge < -0.3 is 9.80 Å². The predicted molar refractivity (Wildman–Crippen MR) is 159 cm³/mol. The Kier molecular flexibility index (Phi) is 7.91. The lowest BCUT2D eigenvalue weighted by Gasteiger charge is -2.35. The van der Waals surface area contributed by atoms with Crippen molar-refractivity contribution in [1.82, 2.24) is 9.80 Å². The van der Waals surface area contributed by atoms with Crippen molar-refractivity contribution in [2.45, 2.75) is 24.9 Å². The summed E-state index contributed by atoms with van der Waals surface area (Å²) >= 11 is 0. The number of amides is 2. The van der Waals surface area contributed by atoms with E-state index < -0.39 is 35.1 Å². The highest BCUT2D eigenvalue weighted by molar-refractivity contribution is 5.92. The van der Waals surface area contributed by atoms with Crippen LogP contribution in [-0.2, 0) is 22.7 Å². The minimum absolute atomic E-state index is 0.0735. The Morgan fingerprint density at radius 2 is 1.18 bits per heavy atom. The van der Waals surface area contributed by atoms with Gasteiger partial charge in [-0.25, -0.2) is 17.6 Å². The standard InChI is InChI=1S/C36H28F4N2O2/c1-2-33(43)41-19-24-17-22(13-15-26(24)28(20-41)36-31(39)11-6-12-32(36)40)14-16-34(44)42-18-23-7-3-4-8-25(23)27(21-42)35-29(37)9-5-10-30(35)38/h2-17,27-28H,1,18-21H2/b16-14+/t27-,28+/m0/s1. The molecule has 0 saturated heterocycles. The lowest BCUT2D eigenvalue weighted by Crippen LogP contribution is -2.38. The zero-order valence-electron chi connectivity index (χ0n) is 23.7. The van der Waals surface area contributed by atoms with Crippen LogP contribution in [0, 0.1) is 23.3 Å². The first-order chi connectivity index (χ1) is 21.2. The fourth-order valence-electron chi connectivity index (χ4n) is 6.32. The van der Waals surface area contributed by atoms with E-state index in [9.17, 15) is 27.2 Å². The minimum atomic E-state index is -0.729. The molecular formula is C36H28F4N2O2. The van der Waals surface area contributed by atoms with Gasteiger partial charge in [-0.2, -0.15) is 0 Å². The largest absolute Gasteiger partial charge is 0.334 e. The normalized spacial score (nSPS) is 17.7. The molecule has 0 fully saturated rings. The maximum Gasteiger partial charge on any atom is 0.246 e. The van der Waals surface area contributed by atoms with Gasteiger partial charge in [-0.05, 0) is 70.3 Å². The van der Waals surface area contributed by atoms with Gasteiger partial charge in [-0.15, -0.1) is 0 Å². The summed E-state index contributed by atoms with van der Waals surface area (Å²) in [6, 6.07) is 20.0. The molecule has 2 aliphatic rings. The molecule has 2 atom stereocenters. The average molecular weight is 597 g/mol. The third kappa shape index (κ3) is 5.43. The summed E-state index contributed by atoms with van der Waals surface area (Å²) in [5.41, 5.74) is 3.42. The van der Waals surface area contributed by atoms with Crippen molar-refractivity contribution < 1.29 is 27.2 Å². The van der Waals surface area contributed by atoms with E-state index >= 15 is 0 Å². The highest BCUT2D eigenvalue weighted by atomic mass is 19.1. The Bertz CT molecular complexity index is 1780. The number of hydrogen-bond donors (Lipinski definition) is 0. The molecule has 2 aliphatic heterocycles. The number of fused-ring (bicyclic) bond motifs is 2. The zero-order chi connectivity index (χ0) is 31.0. The van der Waals surface area contributed by atoms with E-state index in [1.54, 1.807) is 29.2 Å². The molecule has 0 saturated carbocycles. The van der Waals surface area contributed by atoms with Crippen molar-refractivity contribution >= 4 is 17.9 Å². The summed E-state index contributed by atoms with van der Waals surface area (Å²) in [7, 11) is 0. The van der Waals surface area contributed by atoms with Crippen molar-refractivity contribution in [3.63, 3.8) is 0 Å². The topological polar surface area (TPSA) is 40.6 Å². The van der Waals surface area contributed by atoms with Gasteiger partial charge in [0.1, 0.15) is 23.3 Å². The van der Waals surface area contributed by atoms with Gasteiger partial charge in [-0.3, -0.25) is 9.59 Å². The first kappa shape index (κ1) is 29.1. The quantitative estimate of drug-likeness (QED) is 0.182. The Morgan fingerprint density at radius 1 is 0.659 bits per heavy atom. The third-order valence-electron chi connectivity index (χ3n) is 8.41. The van der Waals surface area contributed by atoms with Crippen LogP contribution in [0.3, 0.4) is 0 Å². The molecule has 4 aromatic rings. The zero-order valence-corrected chi connectivity index (χ0v) is 23.7. The molecule has 2 amide bonds. The fraction of sp³-hybridized carbons (Fsp3) is 0.167. The van der Waals surface area contributed by atoms with Crippen LogP contribution in [-0.4, -0.2) is 34.7 Å². The summed E-state index contributed by atoms with van der Waals surface area (Å²) in [6.45, 7) is 4.22. The average Bonchev–Trinajstić information content (AvgIpc) is 3.02. The van der Waals surface area contributed by atoms with Gasteiger partial charge in [-0.1, -0.05) is 55.1 Å². The van der Waals surface area contributed by atoms with Gasteiger partial charge in [0.25, 0.3) is 0 Å². The van der Waals surface area contributed by atoms with Crippen molar-refractivity contribution in [2.75, 3.05) is 13.1 Å². The van der Waals surface area contributed by atoms with E-state index in [0.29, 0.717) is 16.7 Å². The van der Waals surface area contributed by atoms with Gasteiger partial charge in [0.05, 0.1) is 0 Å². The third-order valence-corrected chi connectivity index (χ3v) is 8.41. The maximum absolute atomic E-state index is 14.8. The van der Waals surface area contributed by atoms with Crippen molar-refractivity contribution in [3.8, 4) is 0 Å². The van der Waals surface area contributed by atoms with Crippen LogP contribution in [0.5, 0.6) is 0 Å². The van der Waals surface area contributed by atoms with Crippen molar-refractivity contribution in [3.05, 3.63) is 160 Å². The van der Waals surface area contributed by atoms with Gasteiger partial charge in [0, 0.05) is 55.2 Å². The minimum Gasteiger partial charge on any atom is -0.334 e. The lowest BCUT2D eigenvalue weighted by atomic mass is 9.83. The van der Waals surface area contributed by atoms with Crippen LogP contribution in [0.4, 0.5) is 17.6 Å². The number of carbonyl (C=O) groups excluding carboxylic acids is 2. The van der Waals surface area contributed by atoms with E-state index in [2.05, 4.69) is 6.58 Å². The highest BCUT2D eigenvalue weighted by Crippen LogP contribution is 2.38. The summed E-state index contributed by atoms with van der Waals surface area (Å²) in [5.74, 6) is -4.82. The molecule has 0 N–H and O–H groups in total. The van der Waals surface area contributed by atoms with Gasteiger partial charge in [0.15, 0.2) is 0 Å². The number of halogens is 4. The summed E-state index contributed by atoms with van der Waals surface area (Å²) in [6.07, 6.45) is 4.18. The molecule has 4 nitrogen and oxygen atoms in total. The Morgan fingerprint density at radius 3 is 1.77 bits per heavy atom. The molecule has 0 aliphatic carbocycles. The molecule has 8 heteroatoms. The summed E-state index contributed by atoms with van der Waals surface area (Å²) in [4.78, 5) is 29.0. The summed E-state index contributed by atoms with van der Waals surface area (Å²) in [5, 5.41) is 0. The summed E-state index contributed by atoms with van der Waals surface area (Å²) < 4.78 is 59.3. The van der Waals surface area contributed by atoms with E-state index in [4.69, 9.17) is 0 Å². The second kappa shape index (κ2) is 12.0. The van der Waals surface area contributed by atoms with E-state index in [0.717, 1.165) is 11.1 Å². The molecule has 0 bridgehead atoms. The molecular weight excluding hydrogens is 568 g/mol. The lowest BCUT2D eigenvalue weighted by molar-refractivity contribution is -0.127. The fourth-order valence-corrected chi connectivity index (χ4v) is 6.32. The molecule has 4 aromatic carbocycles. The van der Waals surface area contributed by atoms with Crippen LogP contribution in [0.25, 0.3) is 6.08 Å². The second-order valence-electron chi connectivity index (χ2n) is 11.0. The Hall–Kier alpha value is -4.98. The molecule has 0 aromatic heterocycles. The Labute approximate surface area is 252 Å². The number of nitrogens with zero attached hydrogens (tertiary/aromatic N) is 2. The molecule has 6 rings (SSSR count). The second-order valence-corrected chi connectivity index (χ2v) is 11.0. The van der Waals surface area contributed by atoms with Crippen LogP contribution < -0.4 is 0 Å². The van der Waals surface area contributed by atoms with Crippen molar-refractivity contribution in [1.29, 1.82) is 0 Å². The van der Waals surface area contributed by atoms with Gasteiger partial charge in [0.2, 0.25) is 11.8 Å². The monoisotopic (exact) mass is 596 g/mol. The smallest absolute Gasteiger partial charge is 0.246 e. The van der Waals surface area contributed by atoms with E-state index in [1.165, 1.54) is 53.5 Å². The number of hydrogen-bond acceptors (Lipinski definition) is 2. The molecule has 44 heavy (non-hydrogen) atoms. The molecule has 0 spiro atoms. The molecule has 0 unspecified atom stereocenters. The highest BCUT2D eigenvalue weighted by Gasteiger charge is 2.33. The molecule has 2 heterocycles. The van der Waals surface area contributed by atoms with Crippen molar-refractivity contribution in [2.24, 2.45) is 0 Å². The van der Waals surface area contributed by atoms with E-state index in [1.807, 2.05) is 24.3 Å². The molecule has 0 radical (unpaired) electrons. The SMILES string of the molecule is C=CC(=O)N1Cc2cc(/C=C/C(=O)N3Cc4ccccc4[C@@H](c4c(F)cccc4F)C3)ccc2[C@H](c2c(F)cccc2F)C1. The van der Waals surface area contributed by atoms with E-state index in [-0.39, 0.29) is 49.1 Å². The molecule has 222 valence electrons. The number of rotatable bonds is 5. The first-order valence-corrected chi connectivity index (χ1v) is 14.2.